The molecule has 2 aliphatic carbocycles. The molecular formula is C34H29FN4O. The number of ketones is 1. The summed E-state index contributed by atoms with van der Waals surface area (Å²) in [6, 6.07) is 16.3. The second-order valence-electron chi connectivity index (χ2n) is 11.5. The summed E-state index contributed by atoms with van der Waals surface area (Å²) in [6.07, 6.45) is 5.30. The molecule has 2 aromatic carbocycles. The van der Waals surface area contributed by atoms with Gasteiger partial charge in [0.05, 0.1) is 23.5 Å². The molecule has 40 heavy (non-hydrogen) atoms. The maximum Gasteiger partial charge on any atom is 0.226 e. The van der Waals surface area contributed by atoms with Gasteiger partial charge in [-0.15, -0.1) is 6.58 Å². The van der Waals surface area contributed by atoms with Gasteiger partial charge in [-0.3, -0.25) is 4.98 Å². The number of hydrogen-bond donors (Lipinski definition) is 0. The van der Waals surface area contributed by atoms with Crippen molar-refractivity contribution >= 4 is 16.7 Å². The lowest BCUT2D eigenvalue weighted by Gasteiger charge is -2.52. The van der Waals surface area contributed by atoms with Crippen LogP contribution in [-0.4, -0.2) is 20.7 Å². The third kappa shape index (κ3) is 3.80. The van der Waals surface area contributed by atoms with Gasteiger partial charge < -0.3 is 4.79 Å². The largest absolute Gasteiger partial charge is 0.307 e. The van der Waals surface area contributed by atoms with Crippen molar-refractivity contribution in [3.05, 3.63) is 113 Å². The highest BCUT2D eigenvalue weighted by molar-refractivity contribution is 6.03. The predicted molar refractivity (Wildman–Crippen MR) is 155 cm³/mol. The fraction of sp³-hybridized carbons (Fsp3) is 0.265. The zero-order chi connectivity index (χ0) is 28.2. The quantitative estimate of drug-likeness (QED) is 0.201. The van der Waals surface area contributed by atoms with Crippen LogP contribution < -0.4 is 0 Å². The van der Waals surface area contributed by atoms with E-state index in [1.165, 1.54) is 6.07 Å². The fourth-order valence-corrected chi connectivity index (χ4v) is 7.07. The first kappa shape index (κ1) is 25.8. The molecule has 0 radical (unpaired) electrons. The molecule has 2 aliphatic rings. The molecule has 2 aromatic heterocycles. The summed E-state index contributed by atoms with van der Waals surface area (Å²) < 4.78 is 15.3. The molecule has 0 fully saturated rings. The lowest BCUT2D eigenvalue weighted by Crippen LogP contribution is -2.52. The minimum Gasteiger partial charge on any atom is -0.307 e. The first-order chi connectivity index (χ1) is 19.2. The number of pyridine rings is 1. The van der Waals surface area contributed by atoms with E-state index in [2.05, 4.69) is 23.3 Å². The summed E-state index contributed by atoms with van der Waals surface area (Å²) >= 11 is 0. The first-order valence-electron chi connectivity index (χ1n) is 13.5. The van der Waals surface area contributed by atoms with Crippen molar-refractivity contribution in [1.29, 1.82) is 0 Å². The van der Waals surface area contributed by atoms with Gasteiger partial charge in [-0.25, -0.2) is 19.2 Å². The molecule has 3 atom stereocenters. The van der Waals surface area contributed by atoms with E-state index in [0.29, 0.717) is 36.3 Å². The molecule has 2 heterocycles. The SMILES string of the molecule is [C-]#[N+]C1=C[C@@]2(C)c3nc(-c4ccnc5ccccc45)nc(-c4ccccc4F)c3CC[C@@H]2[C@@](C)(CC(=C)C)C1=O. The van der Waals surface area contributed by atoms with Crippen molar-refractivity contribution < 1.29 is 9.18 Å². The molecule has 0 N–H and O–H groups in total. The van der Waals surface area contributed by atoms with Gasteiger partial charge in [-0.1, -0.05) is 55.8 Å². The Morgan fingerprint density at radius 1 is 1.10 bits per heavy atom. The van der Waals surface area contributed by atoms with Gasteiger partial charge in [0.1, 0.15) is 5.82 Å². The average molecular weight is 529 g/mol. The highest BCUT2D eigenvalue weighted by atomic mass is 19.1. The Morgan fingerprint density at radius 3 is 2.60 bits per heavy atom. The molecule has 0 aliphatic heterocycles. The standard InChI is InChI=1S/C34H29FN4O/c1-20(2)18-34(4)28-15-14-24-29(23-11-6-8-12-25(23)35)38-32(22-16-17-37-26-13-9-7-10-21(22)26)39-30(24)33(28,3)19-27(36-5)31(34)40/h6-13,16-17,19,28H,1,14-15,18H2,2-4H3/t28-,33+,34+/m0/s1. The molecule has 0 saturated carbocycles. The average Bonchev–Trinajstić information content (AvgIpc) is 2.94. The van der Waals surface area contributed by atoms with Crippen LogP contribution in [0.2, 0.25) is 0 Å². The number of hydrogen-bond acceptors (Lipinski definition) is 4. The highest BCUT2D eigenvalue weighted by Crippen LogP contribution is 2.57. The zero-order valence-electron chi connectivity index (χ0n) is 22.8. The van der Waals surface area contributed by atoms with E-state index in [1.54, 1.807) is 24.4 Å². The third-order valence-corrected chi connectivity index (χ3v) is 8.69. The first-order valence-corrected chi connectivity index (χ1v) is 13.5. The van der Waals surface area contributed by atoms with Crippen molar-refractivity contribution in [2.24, 2.45) is 11.3 Å². The third-order valence-electron chi connectivity index (χ3n) is 8.69. The van der Waals surface area contributed by atoms with Gasteiger partial charge >= 0.3 is 0 Å². The molecule has 6 rings (SSSR count). The minimum atomic E-state index is -0.806. The summed E-state index contributed by atoms with van der Waals surface area (Å²) in [6.45, 7) is 17.9. The Morgan fingerprint density at radius 2 is 1.85 bits per heavy atom. The number of allylic oxidation sites excluding steroid dienone is 3. The van der Waals surface area contributed by atoms with Crippen LogP contribution in [0, 0.1) is 23.7 Å². The van der Waals surface area contributed by atoms with Gasteiger partial charge in [0.15, 0.2) is 11.6 Å². The van der Waals surface area contributed by atoms with Crippen LogP contribution in [0.3, 0.4) is 0 Å². The number of rotatable bonds is 4. The van der Waals surface area contributed by atoms with E-state index in [4.69, 9.17) is 16.5 Å². The lowest BCUT2D eigenvalue weighted by molar-refractivity contribution is -0.129. The van der Waals surface area contributed by atoms with Crippen molar-refractivity contribution in [1.82, 2.24) is 15.0 Å². The Bertz CT molecular complexity index is 1800. The Kier molecular flexibility index (Phi) is 5.99. The Balaban J connectivity index is 1.69. The Hall–Kier alpha value is -4.50. The minimum absolute atomic E-state index is 0.118. The van der Waals surface area contributed by atoms with Crippen molar-refractivity contribution in [2.45, 2.75) is 45.4 Å². The van der Waals surface area contributed by atoms with E-state index in [0.717, 1.165) is 33.3 Å². The van der Waals surface area contributed by atoms with Crippen LogP contribution >= 0.6 is 0 Å². The van der Waals surface area contributed by atoms with Crippen molar-refractivity contribution in [2.75, 3.05) is 0 Å². The van der Waals surface area contributed by atoms with Gasteiger partial charge in [0.2, 0.25) is 5.70 Å². The summed E-state index contributed by atoms with van der Waals surface area (Å²) in [5.74, 6) is -0.147. The second kappa shape index (κ2) is 9.31. The molecular weight excluding hydrogens is 499 g/mol. The summed E-state index contributed by atoms with van der Waals surface area (Å²) in [5.41, 5.74) is 3.64. The van der Waals surface area contributed by atoms with Crippen LogP contribution in [0.5, 0.6) is 0 Å². The van der Waals surface area contributed by atoms with Crippen LogP contribution in [0.4, 0.5) is 4.39 Å². The number of nitrogens with zero attached hydrogens (tertiary/aromatic N) is 4. The Labute approximate surface area is 233 Å². The summed E-state index contributed by atoms with van der Waals surface area (Å²) in [7, 11) is 0. The monoisotopic (exact) mass is 528 g/mol. The molecule has 0 unspecified atom stereocenters. The van der Waals surface area contributed by atoms with E-state index in [-0.39, 0.29) is 23.2 Å². The number of carbonyl (C=O) groups excluding carboxylic acids is 1. The fourth-order valence-electron chi connectivity index (χ4n) is 7.07. The topological polar surface area (TPSA) is 60.1 Å². The zero-order valence-corrected chi connectivity index (χ0v) is 22.8. The van der Waals surface area contributed by atoms with Crippen LogP contribution in [-0.2, 0) is 16.6 Å². The van der Waals surface area contributed by atoms with Crippen molar-refractivity contribution in [3.63, 3.8) is 0 Å². The van der Waals surface area contributed by atoms with Gasteiger partial charge in [0, 0.05) is 39.1 Å². The van der Waals surface area contributed by atoms with E-state index < -0.39 is 10.8 Å². The molecule has 5 nitrogen and oxygen atoms in total. The number of aromatic nitrogens is 3. The number of Topliss-reactive ketones (excluding diaryl/α,β-unsaturated/α-hetero) is 1. The number of para-hydroxylation sites is 1. The number of halogens is 1. The smallest absolute Gasteiger partial charge is 0.226 e. The van der Waals surface area contributed by atoms with Gasteiger partial charge in [-0.05, 0) is 56.4 Å². The van der Waals surface area contributed by atoms with E-state index in [9.17, 15) is 4.79 Å². The molecule has 0 amide bonds. The van der Waals surface area contributed by atoms with Crippen molar-refractivity contribution in [3.8, 4) is 22.6 Å². The molecule has 6 heteroatoms. The maximum absolute atomic E-state index is 15.3. The normalized spacial score (nSPS) is 23.6. The number of fused-ring (bicyclic) bond motifs is 4. The number of benzene rings is 2. The second-order valence-corrected chi connectivity index (χ2v) is 11.5. The predicted octanol–water partition coefficient (Wildman–Crippen LogP) is 7.68. The van der Waals surface area contributed by atoms with Crippen LogP contribution in [0.15, 0.2) is 84.7 Å². The van der Waals surface area contributed by atoms with E-state index in [1.807, 2.05) is 50.2 Å². The molecule has 0 saturated heterocycles. The molecule has 198 valence electrons. The molecule has 0 spiro atoms. The summed E-state index contributed by atoms with van der Waals surface area (Å²) in [4.78, 5) is 32.1. The van der Waals surface area contributed by atoms with Crippen LogP contribution in [0.25, 0.3) is 38.4 Å². The van der Waals surface area contributed by atoms with Gasteiger partial charge in [-0.2, -0.15) is 0 Å². The molecule has 0 bridgehead atoms. The van der Waals surface area contributed by atoms with E-state index >= 15 is 4.39 Å². The maximum atomic E-state index is 15.3. The molecule has 4 aromatic rings. The number of carbonyl (C=O) groups is 1. The van der Waals surface area contributed by atoms with Crippen LogP contribution in [0.1, 0.15) is 44.9 Å². The van der Waals surface area contributed by atoms with Gasteiger partial charge in [0.25, 0.3) is 0 Å². The highest BCUT2D eigenvalue weighted by Gasteiger charge is 2.56. The summed E-state index contributed by atoms with van der Waals surface area (Å²) in [5, 5.41) is 0.894. The lowest BCUT2D eigenvalue weighted by atomic mass is 9.51.